The van der Waals surface area contributed by atoms with Crippen molar-refractivity contribution in [2.45, 2.75) is 37.5 Å². The summed E-state index contributed by atoms with van der Waals surface area (Å²) in [5.74, 6) is 0.0303. The Balaban J connectivity index is 1.91. The minimum absolute atomic E-state index is 0.0431. The number of aliphatic hydroxyl groups is 1. The van der Waals surface area contributed by atoms with Crippen LogP contribution in [0.1, 0.15) is 19.3 Å². The van der Waals surface area contributed by atoms with E-state index < -0.39 is 34.9 Å². The maximum absolute atomic E-state index is 12.0. The first-order valence-corrected chi connectivity index (χ1v) is 7.79. The lowest BCUT2D eigenvalue weighted by Gasteiger charge is -2.27. The Morgan fingerprint density at radius 1 is 1.26 bits per heavy atom. The quantitative estimate of drug-likeness (QED) is 0.612. The van der Waals surface area contributed by atoms with E-state index in [2.05, 4.69) is 5.32 Å². The largest absolute Gasteiger partial charge is 0.480 e. The van der Waals surface area contributed by atoms with Crippen LogP contribution in [0.2, 0.25) is 0 Å². The van der Waals surface area contributed by atoms with Crippen LogP contribution in [-0.2, 0) is 15.6 Å². The summed E-state index contributed by atoms with van der Waals surface area (Å²) in [7, 11) is -0.797. The summed E-state index contributed by atoms with van der Waals surface area (Å²) in [5, 5.41) is 21.3. The molecule has 2 fully saturated rings. The smallest absolute Gasteiger partial charge is 0.326 e. The number of amides is 2. The van der Waals surface area contributed by atoms with E-state index in [0.717, 1.165) is 0 Å². The Kier molecular flexibility index (Phi) is 4.41. The van der Waals surface area contributed by atoms with Crippen molar-refractivity contribution < 1.29 is 24.0 Å². The van der Waals surface area contributed by atoms with Crippen molar-refractivity contribution in [2.24, 2.45) is 0 Å². The molecule has 2 aliphatic rings. The molecule has 2 aliphatic heterocycles. The van der Waals surface area contributed by atoms with Gasteiger partial charge in [0.25, 0.3) is 0 Å². The molecule has 7 nitrogen and oxygen atoms in total. The van der Waals surface area contributed by atoms with Crippen molar-refractivity contribution in [2.75, 3.05) is 18.1 Å². The molecule has 8 heteroatoms. The van der Waals surface area contributed by atoms with Gasteiger partial charge in [0.15, 0.2) is 0 Å². The van der Waals surface area contributed by atoms with E-state index in [1.54, 1.807) is 0 Å². The van der Waals surface area contributed by atoms with E-state index in [4.69, 9.17) is 5.11 Å². The summed E-state index contributed by atoms with van der Waals surface area (Å²) >= 11 is 0. The van der Waals surface area contributed by atoms with Crippen LogP contribution in [0.15, 0.2) is 0 Å². The van der Waals surface area contributed by atoms with Gasteiger partial charge in [-0.1, -0.05) is 0 Å². The van der Waals surface area contributed by atoms with Crippen LogP contribution in [0.25, 0.3) is 0 Å². The third-order valence-electron chi connectivity index (χ3n) is 3.54. The second-order valence-corrected chi connectivity index (χ2v) is 6.66. The van der Waals surface area contributed by atoms with Gasteiger partial charge in [0.1, 0.15) is 6.04 Å². The van der Waals surface area contributed by atoms with Crippen molar-refractivity contribution in [3.05, 3.63) is 0 Å². The van der Waals surface area contributed by atoms with Gasteiger partial charge in [-0.15, -0.1) is 0 Å². The van der Waals surface area contributed by atoms with Crippen LogP contribution in [0.3, 0.4) is 0 Å². The molecular formula is C11H18N2O5S. The van der Waals surface area contributed by atoms with E-state index in [9.17, 15) is 18.9 Å². The number of β-amino-alcohol motifs (C(OH)–C–C–N with tert-alkyl or cyclic N) is 1. The van der Waals surface area contributed by atoms with E-state index in [-0.39, 0.29) is 19.0 Å². The number of nitrogens with zero attached hydrogens (tertiary/aromatic N) is 1. The molecule has 0 radical (unpaired) electrons. The highest BCUT2D eigenvalue weighted by Crippen LogP contribution is 2.19. The fourth-order valence-electron chi connectivity index (χ4n) is 2.47. The first-order valence-electron chi connectivity index (χ1n) is 6.30. The minimum atomic E-state index is -1.10. The van der Waals surface area contributed by atoms with Gasteiger partial charge in [0, 0.05) is 41.3 Å². The normalized spacial score (nSPS) is 35.1. The molecule has 0 spiro atoms. The molecule has 108 valence electrons. The lowest BCUT2D eigenvalue weighted by atomic mass is 10.1. The number of carboxylic acids is 1. The molecule has 2 amide bonds. The Labute approximate surface area is 113 Å². The molecular weight excluding hydrogens is 272 g/mol. The average Bonchev–Trinajstić information content (AvgIpc) is 2.74. The number of rotatable bonds is 2. The zero-order chi connectivity index (χ0) is 14.0. The number of carboxylic acid groups (broad SMARTS) is 1. The molecule has 0 unspecified atom stereocenters. The molecule has 0 aliphatic carbocycles. The third-order valence-corrected chi connectivity index (χ3v) is 4.92. The lowest BCUT2D eigenvalue weighted by Crippen LogP contribution is -2.50. The van der Waals surface area contributed by atoms with Crippen LogP contribution in [-0.4, -0.2) is 67.6 Å². The van der Waals surface area contributed by atoms with Crippen LogP contribution < -0.4 is 5.32 Å². The first-order chi connectivity index (χ1) is 8.97. The topological polar surface area (TPSA) is 107 Å². The SMILES string of the molecule is O=C(O)[C@@H]1C[C@@H](O)CN1C(=O)NC1CCS(=O)CC1. The van der Waals surface area contributed by atoms with Crippen LogP contribution >= 0.6 is 0 Å². The number of aliphatic hydroxyl groups excluding tert-OH is 1. The van der Waals surface area contributed by atoms with Gasteiger partial charge in [-0.2, -0.15) is 0 Å². The van der Waals surface area contributed by atoms with Crippen molar-refractivity contribution in [3.8, 4) is 0 Å². The second-order valence-electron chi connectivity index (χ2n) is 4.97. The predicted octanol–water partition coefficient (Wildman–Crippen LogP) is -0.873. The first kappa shape index (κ1) is 14.3. The van der Waals surface area contributed by atoms with Crippen molar-refractivity contribution >= 4 is 22.8 Å². The van der Waals surface area contributed by atoms with E-state index in [1.807, 2.05) is 0 Å². The number of hydrogen-bond acceptors (Lipinski definition) is 4. The van der Waals surface area contributed by atoms with Crippen LogP contribution in [0.5, 0.6) is 0 Å². The number of nitrogens with one attached hydrogen (secondary N) is 1. The number of carbonyl (C=O) groups is 2. The molecule has 2 atom stereocenters. The van der Waals surface area contributed by atoms with E-state index >= 15 is 0 Å². The Morgan fingerprint density at radius 2 is 1.89 bits per heavy atom. The molecule has 0 bridgehead atoms. The lowest BCUT2D eigenvalue weighted by molar-refractivity contribution is -0.141. The van der Waals surface area contributed by atoms with Gasteiger partial charge < -0.3 is 20.4 Å². The fraction of sp³-hybridized carbons (Fsp3) is 0.818. The average molecular weight is 290 g/mol. The number of urea groups is 1. The number of carbonyl (C=O) groups excluding carboxylic acids is 1. The second kappa shape index (κ2) is 5.87. The molecule has 0 saturated carbocycles. The molecule has 2 rings (SSSR count). The van der Waals surface area contributed by atoms with Gasteiger partial charge in [0.2, 0.25) is 0 Å². The Hall–Kier alpha value is -1.15. The molecule has 0 aromatic heterocycles. The van der Waals surface area contributed by atoms with Gasteiger partial charge >= 0.3 is 12.0 Å². The minimum Gasteiger partial charge on any atom is -0.480 e. The molecule has 3 N–H and O–H groups in total. The molecule has 19 heavy (non-hydrogen) atoms. The number of hydrogen-bond donors (Lipinski definition) is 3. The Morgan fingerprint density at radius 3 is 2.47 bits per heavy atom. The maximum Gasteiger partial charge on any atom is 0.326 e. The zero-order valence-electron chi connectivity index (χ0n) is 10.4. The predicted molar refractivity (Wildman–Crippen MR) is 68.2 cm³/mol. The van der Waals surface area contributed by atoms with Crippen molar-refractivity contribution in [3.63, 3.8) is 0 Å². The van der Waals surface area contributed by atoms with Crippen molar-refractivity contribution in [1.29, 1.82) is 0 Å². The fourth-order valence-corrected chi connectivity index (χ4v) is 3.77. The molecule has 2 saturated heterocycles. The van der Waals surface area contributed by atoms with E-state index in [0.29, 0.717) is 24.3 Å². The number of aliphatic carboxylic acids is 1. The highest BCUT2D eigenvalue weighted by atomic mass is 32.2. The van der Waals surface area contributed by atoms with E-state index in [1.165, 1.54) is 4.90 Å². The highest BCUT2D eigenvalue weighted by Gasteiger charge is 2.39. The zero-order valence-corrected chi connectivity index (χ0v) is 11.3. The Bertz CT molecular complexity index is 393. The van der Waals surface area contributed by atoms with Gasteiger partial charge in [-0.3, -0.25) is 4.21 Å². The molecule has 0 aromatic carbocycles. The van der Waals surface area contributed by atoms with Gasteiger partial charge in [-0.05, 0) is 12.8 Å². The van der Waals surface area contributed by atoms with Gasteiger partial charge in [-0.25, -0.2) is 9.59 Å². The van der Waals surface area contributed by atoms with Crippen LogP contribution in [0, 0.1) is 0 Å². The highest BCUT2D eigenvalue weighted by molar-refractivity contribution is 7.85. The number of likely N-dealkylation sites (tertiary alicyclic amines) is 1. The molecule has 2 heterocycles. The monoisotopic (exact) mass is 290 g/mol. The summed E-state index contributed by atoms with van der Waals surface area (Å²) in [6, 6.07) is -1.48. The summed E-state index contributed by atoms with van der Waals surface area (Å²) in [6.07, 6.45) is 0.571. The summed E-state index contributed by atoms with van der Waals surface area (Å²) < 4.78 is 11.2. The van der Waals surface area contributed by atoms with Crippen molar-refractivity contribution in [1.82, 2.24) is 10.2 Å². The summed E-state index contributed by atoms with van der Waals surface area (Å²) in [6.45, 7) is 0.0431. The third kappa shape index (κ3) is 3.44. The summed E-state index contributed by atoms with van der Waals surface area (Å²) in [5.41, 5.74) is 0. The summed E-state index contributed by atoms with van der Waals surface area (Å²) in [4.78, 5) is 24.2. The van der Waals surface area contributed by atoms with Gasteiger partial charge in [0.05, 0.1) is 6.10 Å². The molecule has 0 aromatic rings. The maximum atomic E-state index is 12.0. The standard InChI is InChI=1S/C11H18N2O5S/c14-8-5-9(10(15)16)13(6-8)11(17)12-7-1-3-19(18)4-2-7/h7-9,14H,1-6H2,(H,12,17)(H,15,16)/t7?,8-,9+,19?/m1/s1. The van der Waals surface area contributed by atoms with Crippen LogP contribution in [0.4, 0.5) is 4.79 Å².